The second-order valence-corrected chi connectivity index (χ2v) is 4.53. The van der Waals surface area contributed by atoms with Crippen LogP contribution in [0.4, 0.5) is 10.1 Å². The zero-order valence-electron chi connectivity index (χ0n) is 10.3. The fraction of sp³-hybridized carbons (Fsp3) is 0.364. The molecule has 0 N–H and O–H groups in total. The molecule has 104 valence electrons. The number of nitro benzene ring substituents is 1. The van der Waals surface area contributed by atoms with Crippen LogP contribution >= 0.6 is 11.8 Å². The van der Waals surface area contributed by atoms with E-state index in [0.717, 1.165) is 31.0 Å². The first-order chi connectivity index (χ1) is 9.01. The van der Waals surface area contributed by atoms with Gasteiger partial charge < -0.3 is 9.47 Å². The number of nitro groups is 1. The van der Waals surface area contributed by atoms with Gasteiger partial charge in [0.15, 0.2) is 0 Å². The lowest BCUT2D eigenvalue weighted by molar-refractivity contribution is -0.387. The summed E-state index contributed by atoms with van der Waals surface area (Å²) in [6.45, 7) is 0.382. The van der Waals surface area contributed by atoms with Gasteiger partial charge in [-0.15, -0.1) is 11.8 Å². The van der Waals surface area contributed by atoms with E-state index in [2.05, 4.69) is 4.74 Å². The molecule has 0 heterocycles. The molecule has 0 aliphatic rings. The van der Waals surface area contributed by atoms with Crippen LogP contribution in [0.25, 0.3) is 0 Å². The van der Waals surface area contributed by atoms with Crippen molar-refractivity contribution in [3.05, 3.63) is 33.6 Å². The molecule has 0 saturated heterocycles. The number of carbonyl (C=O) groups is 1. The van der Waals surface area contributed by atoms with Gasteiger partial charge in [0.2, 0.25) is 0 Å². The van der Waals surface area contributed by atoms with Gasteiger partial charge in [0, 0.05) is 12.9 Å². The van der Waals surface area contributed by atoms with E-state index in [-0.39, 0.29) is 16.1 Å². The van der Waals surface area contributed by atoms with Gasteiger partial charge in [0.05, 0.1) is 35.2 Å². The summed E-state index contributed by atoms with van der Waals surface area (Å²) in [6, 6.07) is 1.85. The average molecular weight is 289 g/mol. The Morgan fingerprint density at radius 1 is 1.47 bits per heavy atom. The summed E-state index contributed by atoms with van der Waals surface area (Å²) in [5, 5.41) is 10.8. The molecule has 1 rings (SSSR count). The SMILES string of the molecule is COCCSc1cc(C(=O)OC)c(F)cc1[N+](=O)[O-]. The minimum atomic E-state index is -0.977. The third-order valence-electron chi connectivity index (χ3n) is 2.20. The predicted octanol–water partition coefficient (Wildman–Crippen LogP) is 2.26. The molecule has 0 fully saturated rings. The molecule has 0 spiro atoms. The van der Waals surface area contributed by atoms with Crippen LogP contribution in [0.1, 0.15) is 10.4 Å². The topological polar surface area (TPSA) is 78.7 Å². The monoisotopic (exact) mass is 289 g/mol. The number of thioether (sulfide) groups is 1. The van der Waals surface area contributed by atoms with Crippen LogP contribution in [0.15, 0.2) is 17.0 Å². The molecule has 0 aromatic heterocycles. The number of hydrogen-bond donors (Lipinski definition) is 0. The number of benzene rings is 1. The van der Waals surface area contributed by atoms with E-state index in [4.69, 9.17) is 4.74 Å². The fourth-order valence-electron chi connectivity index (χ4n) is 1.30. The summed E-state index contributed by atoms with van der Waals surface area (Å²) in [7, 11) is 2.61. The molecule has 0 aliphatic heterocycles. The van der Waals surface area contributed by atoms with E-state index >= 15 is 0 Å². The number of methoxy groups -OCH3 is 2. The average Bonchev–Trinajstić information content (AvgIpc) is 2.39. The molecule has 0 radical (unpaired) electrons. The van der Waals surface area contributed by atoms with Gasteiger partial charge in [-0.1, -0.05) is 0 Å². The Labute approximate surface area is 113 Å². The number of carbonyl (C=O) groups excluding carboxylic acids is 1. The van der Waals surface area contributed by atoms with Crippen molar-refractivity contribution in [2.24, 2.45) is 0 Å². The smallest absolute Gasteiger partial charge is 0.340 e. The van der Waals surface area contributed by atoms with Gasteiger partial charge in [-0.05, 0) is 6.07 Å². The van der Waals surface area contributed by atoms with Gasteiger partial charge in [0.25, 0.3) is 5.69 Å². The Hall–Kier alpha value is -1.67. The highest BCUT2D eigenvalue weighted by atomic mass is 32.2. The van der Waals surface area contributed by atoms with Gasteiger partial charge in [0.1, 0.15) is 5.82 Å². The molecule has 0 aliphatic carbocycles. The number of halogens is 1. The highest BCUT2D eigenvalue weighted by Crippen LogP contribution is 2.31. The van der Waals surface area contributed by atoms with E-state index in [1.54, 1.807) is 0 Å². The minimum absolute atomic E-state index is 0.198. The van der Waals surface area contributed by atoms with Crippen LogP contribution in [0.5, 0.6) is 0 Å². The summed E-state index contributed by atoms with van der Waals surface area (Å²) >= 11 is 1.11. The molecule has 6 nitrogen and oxygen atoms in total. The summed E-state index contributed by atoms with van der Waals surface area (Å²) in [6.07, 6.45) is 0. The number of ether oxygens (including phenoxy) is 2. The first kappa shape index (κ1) is 15.4. The van der Waals surface area contributed by atoms with Gasteiger partial charge >= 0.3 is 5.97 Å². The van der Waals surface area contributed by atoms with E-state index in [0.29, 0.717) is 12.4 Å². The highest BCUT2D eigenvalue weighted by molar-refractivity contribution is 7.99. The first-order valence-corrected chi connectivity index (χ1v) is 6.17. The van der Waals surface area contributed by atoms with Crippen LogP contribution in [-0.4, -0.2) is 37.5 Å². The van der Waals surface area contributed by atoms with E-state index in [9.17, 15) is 19.3 Å². The fourth-order valence-corrected chi connectivity index (χ4v) is 2.25. The molecule has 1 aromatic rings. The van der Waals surface area contributed by atoms with Gasteiger partial charge in [-0.25, -0.2) is 9.18 Å². The Kier molecular flexibility index (Phi) is 5.71. The van der Waals surface area contributed by atoms with Crippen molar-refractivity contribution in [2.75, 3.05) is 26.6 Å². The molecular weight excluding hydrogens is 277 g/mol. The molecule has 8 heteroatoms. The number of nitrogens with zero attached hydrogens (tertiary/aromatic N) is 1. The maximum Gasteiger partial charge on any atom is 0.340 e. The number of hydrogen-bond acceptors (Lipinski definition) is 6. The van der Waals surface area contributed by atoms with Crippen molar-refractivity contribution < 1.29 is 23.6 Å². The number of rotatable bonds is 6. The van der Waals surface area contributed by atoms with Crippen molar-refractivity contribution in [3.8, 4) is 0 Å². The molecule has 19 heavy (non-hydrogen) atoms. The molecule has 0 unspecified atom stereocenters. The third kappa shape index (κ3) is 3.90. The lowest BCUT2D eigenvalue weighted by Crippen LogP contribution is -2.06. The van der Waals surface area contributed by atoms with Crippen molar-refractivity contribution in [1.29, 1.82) is 0 Å². The molecule has 0 amide bonds. The van der Waals surface area contributed by atoms with Gasteiger partial charge in [-0.2, -0.15) is 0 Å². The Morgan fingerprint density at radius 3 is 2.68 bits per heavy atom. The van der Waals surface area contributed by atoms with Crippen LogP contribution < -0.4 is 0 Å². The highest BCUT2D eigenvalue weighted by Gasteiger charge is 2.22. The zero-order valence-corrected chi connectivity index (χ0v) is 11.2. The molecule has 1 aromatic carbocycles. The normalized spacial score (nSPS) is 10.3. The Balaban J connectivity index is 3.15. The summed E-state index contributed by atoms with van der Waals surface area (Å²) < 4.78 is 22.8. The Bertz CT molecular complexity index is 494. The quantitative estimate of drug-likeness (QED) is 0.263. The Morgan fingerprint density at radius 2 is 2.16 bits per heavy atom. The van der Waals surface area contributed by atoms with Gasteiger partial charge in [-0.3, -0.25) is 10.1 Å². The lowest BCUT2D eigenvalue weighted by atomic mass is 10.2. The van der Waals surface area contributed by atoms with E-state index < -0.39 is 16.7 Å². The first-order valence-electron chi connectivity index (χ1n) is 5.19. The van der Waals surface area contributed by atoms with Crippen LogP contribution in [0.2, 0.25) is 0 Å². The summed E-state index contributed by atoms with van der Waals surface area (Å²) in [5.41, 5.74) is -0.709. The second-order valence-electron chi connectivity index (χ2n) is 3.39. The largest absolute Gasteiger partial charge is 0.465 e. The predicted molar refractivity (Wildman–Crippen MR) is 67.0 cm³/mol. The maximum absolute atomic E-state index is 13.6. The maximum atomic E-state index is 13.6. The third-order valence-corrected chi connectivity index (χ3v) is 3.20. The van der Waals surface area contributed by atoms with Crippen molar-refractivity contribution in [2.45, 2.75) is 4.90 Å². The minimum Gasteiger partial charge on any atom is -0.465 e. The number of esters is 1. The van der Waals surface area contributed by atoms with Crippen molar-refractivity contribution in [3.63, 3.8) is 0 Å². The van der Waals surface area contributed by atoms with Crippen molar-refractivity contribution >= 4 is 23.4 Å². The zero-order chi connectivity index (χ0) is 14.4. The summed E-state index contributed by atoms with van der Waals surface area (Å²) in [5.74, 6) is -1.40. The molecular formula is C11H12FNO5S. The van der Waals surface area contributed by atoms with Crippen LogP contribution in [0.3, 0.4) is 0 Å². The van der Waals surface area contributed by atoms with E-state index in [1.165, 1.54) is 7.11 Å². The van der Waals surface area contributed by atoms with E-state index in [1.807, 2.05) is 0 Å². The lowest BCUT2D eigenvalue weighted by Gasteiger charge is -2.06. The van der Waals surface area contributed by atoms with Crippen LogP contribution in [0, 0.1) is 15.9 Å². The van der Waals surface area contributed by atoms with Crippen LogP contribution in [-0.2, 0) is 9.47 Å². The summed E-state index contributed by atoms with van der Waals surface area (Å²) in [4.78, 5) is 21.7. The standard InChI is InChI=1S/C11H12FNO5S/c1-17-3-4-19-10-5-7(11(14)18-2)8(12)6-9(10)13(15)16/h5-6H,3-4H2,1-2H3. The second kappa shape index (κ2) is 7.05. The molecule has 0 bridgehead atoms. The molecule has 0 saturated carbocycles. The van der Waals surface area contributed by atoms with Crippen molar-refractivity contribution in [1.82, 2.24) is 0 Å². The molecule has 0 atom stereocenters.